The maximum Gasteiger partial charge on any atom is 0.325 e. The molecule has 0 heterocycles. The third-order valence-corrected chi connectivity index (χ3v) is 2.15. The largest absolute Gasteiger partial charge is 0.460 e. The SMILES string of the molecule is COCC(N)C(=O)OCc1cccc(Cl)c1. The molecule has 0 aromatic heterocycles. The quantitative estimate of drug-likeness (QED) is 0.794. The number of carbonyl (C=O) groups is 1. The van der Waals surface area contributed by atoms with E-state index >= 15 is 0 Å². The van der Waals surface area contributed by atoms with Gasteiger partial charge in [-0.3, -0.25) is 4.79 Å². The number of methoxy groups -OCH3 is 1. The summed E-state index contributed by atoms with van der Waals surface area (Å²) in [5.41, 5.74) is 6.32. The average Bonchev–Trinajstić information content (AvgIpc) is 2.26. The molecule has 0 radical (unpaired) electrons. The molecule has 1 rings (SSSR count). The predicted octanol–water partition coefficient (Wildman–Crippen LogP) is 1.36. The molecule has 1 aromatic rings. The summed E-state index contributed by atoms with van der Waals surface area (Å²) in [6, 6.07) is 6.35. The van der Waals surface area contributed by atoms with Gasteiger partial charge in [-0.05, 0) is 17.7 Å². The molecule has 5 heteroatoms. The Balaban J connectivity index is 2.42. The van der Waals surface area contributed by atoms with Crippen molar-refractivity contribution in [1.82, 2.24) is 0 Å². The zero-order chi connectivity index (χ0) is 12.0. The molecule has 1 unspecified atom stereocenters. The number of carbonyl (C=O) groups excluding carboxylic acids is 1. The van der Waals surface area contributed by atoms with Crippen molar-refractivity contribution in [3.63, 3.8) is 0 Å². The number of esters is 1. The fourth-order valence-electron chi connectivity index (χ4n) is 1.14. The van der Waals surface area contributed by atoms with Crippen molar-refractivity contribution in [3.05, 3.63) is 34.9 Å². The lowest BCUT2D eigenvalue weighted by Gasteiger charge is -2.10. The highest BCUT2D eigenvalue weighted by molar-refractivity contribution is 6.30. The molecule has 4 nitrogen and oxygen atoms in total. The number of benzene rings is 1. The van der Waals surface area contributed by atoms with Gasteiger partial charge in [0.1, 0.15) is 12.6 Å². The molecule has 0 aliphatic heterocycles. The summed E-state index contributed by atoms with van der Waals surface area (Å²) in [6.07, 6.45) is 0. The van der Waals surface area contributed by atoms with Gasteiger partial charge >= 0.3 is 5.97 Å². The molecule has 0 aliphatic rings. The number of hydrogen-bond acceptors (Lipinski definition) is 4. The average molecular weight is 244 g/mol. The van der Waals surface area contributed by atoms with E-state index in [0.29, 0.717) is 5.02 Å². The van der Waals surface area contributed by atoms with Crippen LogP contribution in [0.5, 0.6) is 0 Å². The number of ether oxygens (including phenoxy) is 2. The van der Waals surface area contributed by atoms with Crippen LogP contribution in [0.4, 0.5) is 0 Å². The van der Waals surface area contributed by atoms with Crippen LogP contribution in [0, 0.1) is 0 Å². The van der Waals surface area contributed by atoms with E-state index in [1.165, 1.54) is 7.11 Å². The van der Waals surface area contributed by atoms with Crippen LogP contribution in [0.3, 0.4) is 0 Å². The molecule has 1 atom stereocenters. The second kappa shape index (κ2) is 6.48. The van der Waals surface area contributed by atoms with Crippen LogP contribution >= 0.6 is 11.6 Å². The van der Waals surface area contributed by atoms with Crippen molar-refractivity contribution in [3.8, 4) is 0 Å². The van der Waals surface area contributed by atoms with Crippen molar-refractivity contribution in [2.45, 2.75) is 12.6 Å². The van der Waals surface area contributed by atoms with E-state index in [1.807, 2.05) is 6.07 Å². The molecule has 0 bridgehead atoms. The minimum atomic E-state index is -0.746. The summed E-state index contributed by atoms with van der Waals surface area (Å²) < 4.78 is 9.74. The smallest absolute Gasteiger partial charge is 0.325 e. The Morgan fingerprint density at radius 2 is 2.31 bits per heavy atom. The minimum Gasteiger partial charge on any atom is -0.460 e. The summed E-state index contributed by atoms with van der Waals surface area (Å²) in [6.45, 7) is 0.311. The highest BCUT2D eigenvalue weighted by Gasteiger charge is 2.14. The van der Waals surface area contributed by atoms with Gasteiger partial charge in [-0.2, -0.15) is 0 Å². The second-order valence-corrected chi connectivity index (χ2v) is 3.74. The van der Waals surface area contributed by atoms with Crippen LogP contribution in [-0.2, 0) is 20.9 Å². The normalized spacial score (nSPS) is 12.2. The number of rotatable bonds is 5. The van der Waals surface area contributed by atoms with Gasteiger partial charge in [-0.25, -0.2) is 0 Å². The van der Waals surface area contributed by atoms with Crippen molar-refractivity contribution in [2.75, 3.05) is 13.7 Å². The third-order valence-electron chi connectivity index (χ3n) is 1.92. The zero-order valence-electron chi connectivity index (χ0n) is 8.98. The van der Waals surface area contributed by atoms with Crippen LogP contribution < -0.4 is 5.73 Å². The van der Waals surface area contributed by atoms with E-state index in [9.17, 15) is 4.79 Å². The molecule has 1 aromatic carbocycles. The fourth-order valence-corrected chi connectivity index (χ4v) is 1.35. The predicted molar refractivity (Wildman–Crippen MR) is 61.1 cm³/mol. The van der Waals surface area contributed by atoms with Gasteiger partial charge in [-0.15, -0.1) is 0 Å². The van der Waals surface area contributed by atoms with Crippen LogP contribution in [0.2, 0.25) is 5.02 Å². The first kappa shape index (κ1) is 13.0. The summed E-state index contributed by atoms with van der Waals surface area (Å²) >= 11 is 5.79. The van der Waals surface area contributed by atoms with Crippen molar-refractivity contribution < 1.29 is 14.3 Å². The molecular weight excluding hydrogens is 230 g/mol. The van der Waals surface area contributed by atoms with Crippen molar-refractivity contribution in [2.24, 2.45) is 5.73 Å². The molecule has 2 N–H and O–H groups in total. The Labute approximate surface area is 99.3 Å². The van der Waals surface area contributed by atoms with Gasteiger partial charge in [-0.1, -0.05) is 23.7 Å². The molecule has 0 amide bonds. The van der Waals surface area contributed by atoms with Crippen LogP contribution in [0.15, 0.2) is 24.3 Å². The van der Waals surface area contributed by atoms with E-state index < -0.39 is 12.0 Å². The zero-order valence-corrected chi connectivity index (χ0v) is 9.74. The second-order valence-electron chi connectivity index (χ2n) is 3.30. The summed E-state index contributed by atoms with van der Waals surface area (Å²) in [4.78, 5) is 11.3. The molecular formula is C11H14ClNO3. The van der Waals surface area contributed by atoms with Gasteiger partial charge in [0.25, 0.3) is 0 Å². The number of halogens is 1. The Kier molecular flexibility index (Phi) is 5.25. The van der Waals surface area contributed by atoms with Crippen LogP contribution in [0.25, 0.3) is 0 Å². The fraction of sp³-hybridized carbons (Fsp3) is 0.364. The monoisotopic (exact) mass is 243 g/mol. The summed E-state index contributed by atoms with van der Waals surface area (Å²) in [7, 11) is 1.48. The Bertz CT molecular complexity index is 357. The maximum absolute atomic E-state index is 11.3. The third kappa shape index (κ3) is 4.18. The van der Waals surface area contributed by atoms with E-state index in [2.05, 4.69) is 0 Å². The van der Waals surface area contributed by atoms with Gasteiger partial charge in [0, 0.05) is 12.1 Å². The Morgan fingerprint density at radius 3 is 2.94 bits per heavy atom. The van der Waals surface area contributed by atoms with Crippen molar-refractivity contribution in [1.29, 1.82) is 0 Å². The van der Waals surface area contributed by atoms with E-state index in [-0.39, 0.29) is 13.2 Å². The molecule has 0 saturated carbocycles. The Morgan fingerprint density at radius 1 is 1.56 bits per heavy atom. The lowest BCUT2D eigenvalue weighted by atomic mass is 10.2. The van der Waals surface area contributed by atoms with Crippen LogP contribution in [0.1, 0.15) is 5.56 Å². The molecule has 88 valence electrons. The first-order valence-corrected chi connectivity index (χ1v) is 5.17. The van der Waals surface area contributed by atoms with E-state index in [4.69, 9.17) is 26.8 Å². The standard InChI is InChI=1S/C11H14ClNO3/c1-15-7-10(13)11(14)16-6-8-3-2-4-9(12)5-8/h2-5,10H,6-7,13H2,1H3. The molecule has 0 spiro atoms. The number of hydrogen-bond donors (Lipinski definition) is 1. The maximum atomic E-state index is 11.3. The van der Waals surface area contributed by atoms with Crippen molar-refractivity contribution >= 4 is 17.6 Å². The van der Waals surface area contributed by atoms with E-state index in [0.717, 1.165) is 5.56 Å². The topological polar surface area (TPSA) is 61.5 Å². The molecule has 0 fully saturated rings. The van der Waals surface area contributed by atoms with Gasteiger partial charge < -0.3 is 15.2 Å². The van der Waals surface area contributed by atoms with Gasteiger partial charge in [0.05, 0.1) is 6.61 Å². The highest BCUT2D eigenvalue weighted by Crippen LogP contribution is 2.11. The molecule has 16 heavy (non-hydrogen) atoms. The van der Waals surface area contributed by atoms with Gasteiger partial charge in [0.2, 0.25) is 0 Å². The minimum absolute atomic E-state index is 0.147. The Hall–Kier alpha value is -1.10. The van der Waals surface area contributed by atoms with Crippen LogP contribution in [-0.4, -0.2) is 25.7 Å². The molecule has 0 aliphatic carbocycles. The summed E-state index contributed by atoms with van der Waals surface area (Å²) in [5, 5.41) is 0.606. The first-order valence-electron chi connectivity index (χ1n) is 4.79. The van der Waals surface area contributed by atoms with E-state index in [1.54, 1.807) is 18.2 Å². The van der Waals surface area contributed by atoms with Gasteiger partial charge in [0.15, 0.2) is 0 Å². The lowest BCUT2D eigenvalue weighted by Crippen LogP contribution is -2.36. The molecule has 0 saturated heterocycles. The lowest BCUT2D eigenvalue weighted by molar-refractivity contribution is -0.147. The number of nitrogens with two attached hydrogens (primary N) is 1. The highest BCUT2D eigenvalue weighted by atomic mass is 35.5. The first-order chi connectivity index (χ1) is 7.63. The summed E-state index contributed by atoms with van der Waals surface area (Å²) in [5.74, 6) is -0.484.